The maximum absolute atomic E-state index is 3.91. The van der Waals surface area contributed by atoms with Gasteiger partial charge in [-0.15, -0.1) is 0 Å². The van der Waals surface area contributed by atoms with Crippen LogP contribution in [0.4, 0.5) is 0 Å². The van der Waals surface area contributed by atoms with Gasteiger partial charge < -0.3 is 5.32 Å². The summed E-state index contributed by atoms with van der Waals surface area (Å²) in [5.74, 6) is 1.78. The van der Waals surface area contributed by atoms with E-state index in [0.29, 0.717) is 6.04 Å². The van der Waals surface area contributed by atoms with Crippen LogP contribution in [-0.4, -0.2) is 12.1 Å². The van der Waals surface area contributed by atoms with Crippen LogP contribution in [0.25, 0.3) is 0 Å². The van der Waals surface area contributed by atoms with Crippen molar-refractivity contribution in [3.8, 4) is 0 Å². The molecule has 1 fully saturated rings. The molecule has 2 rings (SSSR count). The third-order valence-corrected chi connectivity index (χ3v) is 4.89. The molecule has 1 heteroatoms. The first-order valence-corrected chi connectivity index (χ1v) is 7.99. The zero-order chi connectivity index (χ0) is 13.7. The summed E-state index contributed by atoms with van der Waals surface area (Å²) >= 11 is 0. The van der Waals surface area contributed by atoms with E-state index in [0.717, 1.165) is 24.3 Å². The average molecular weight is 259 g/mol. The molecule has 0 bridgehead atoms. The highest BCUT2D eigenvalue weighted by Crippen LogP contribution is 2.29. The van der Waals surface area contributed by atoms with Gasteiger partial charge in [0.1, 0.15) is 0 Å². The minimum atomic E-state index is 0.632. The van der Waals surface area contributed by atoms with Crippen LogP contribution in [0, 0.1) is 11.8 Å². The molecule has 0 aromatic heterocycles. The Morgan fingerprint density at radius 1 is 1.11 bits per heavy atom. The summed E-state index contributed by atoms with van der Waals surface area (Å²) in [6, 6.07) is 12.3. The van der Waals surface area contributed by atoms with Gasteiger partial charge in [-0.05, 0) is 49.5 Å². The highest BCUT2D eigenvalue weighted by atomic mass is 14.9. The number of hydrogen-bond donors (Lipinski definition) is 1. The lowest BCUT2D eigenvalue weighted by Crippen LogP contribution is -2.43. The topological polar surface area (TPSA) is 12.0 Å². The summed E-state index contributed by atoms with van der Waals surface area (Å²) in [4.78, 5) is 0. The molecular formula is C18H29N. The van der Waals surface area contributed by atoms with Crippen molar-refractivity contribution in [2.75, 3.05) is 0 Å². The quantitative estimate of drug-likeness (QED) is 0.825. The van der Waals surface area contributed by atoms with Gasteiger partial charge in [-0.1, -0.05) is 51.1 Å². The summed E-state index contributed by atoms with van der Waals surface area (Å²) in [7, 11) is 0. The predicted molar refractivity (Wildman–Crippen MR) is 83.3 cm³/mol. The Labute approximate surface area is 118 Å². The molecule has 0 radical (unpaired) electrons. The molecule has 1 aromatic rings. The molecule has 1 N–H and O–H groups in total. The molecule has 19 heavy (non-hydrogen) atoms. The van der Waals surface area contributed by atoms with Crippen molar-refractivity contribution in [1.82, 2.24) is 5.32 Å². The Bertz CT molecular complexity index is 359. The van der Waals surface area contributed by atoms with Crippen molar-refractivity contribution in [2.24, 2.45) is 11.8 Å². The van der Waals surface area contributed by atoms with Gasteiger partial charge in [0.25, 0.3) is 0 Å². The number of hydrogen-bond acceptors (Lipinski definition) is 1. The van der Waals surface area contributed by atoms with Crippen LogP contribution in [0.2, 0.25) is 0 Å². The van der Waals surface area contributed by atoms with Crippen molar-refractivity contribution in [1.29, 1.82) is 0 Å². The first-order valence-electron chi connectivity index (χ1n) is 7.99. The largest absolute Gasteiger partial charge is 0.311 e. The van der Waals surface area contributed by atoms with Crippen molar-refractivity contribution >= 4 is 0 Å². The molecule has 0 aliphatic heterocycles. The Balaban J connectivity index is 1.85. The molecule has 0 saturated heterocycles. The summed E-state index contributed by atoms with van der Waals surface area (Å²) in [5, 5.41) is 3.91. The molecule has 1 aromatic carbocycles. The molecule has 106 valence electrons. The van der Waals surface area contributed by atoms with E-state index in [1.807, 2.05) is 0 Å². The van der Waals surface area contributed by atoms with Crippen molar-refractivity contribution in [3.63, 3.8) is 0 Å². The molecule has 0 amide bonds. The average Bonchev–Trinajstić information content (AvgIpc) is 2.43. The fourth-order valence-electron chi connectivity index (χ4n) is 3.25. The van der Waals surface area contributed by atoms with Gasteiger partial charge in [-0.25, -0.2) is 0 Å². The van der Waals surface area contributed by atoms with E-state index in [1.54, 1.807) is 0 Å². The molecule has 0 heterocycles. The lowest BCUT2D eigenvalue weighted by Gasteiger charge is -2.35. The van der Waals surface area contributed by atoms with Crippen LogP contribution in [0.3, 0.4) is 0 Å². The first kappa shape index (κ1) is 14.6. The Kier molecular flexibility index (Phi) is 5.45. The van der Waals surface area contributed by atoms with E-state index in [4.69, 9.17) is 0 Å². The smallest absolute Gasteiger partial charge is 0.0107 e. The van der Waals surface area contributed by atoms with Crippen molar-refractivity contribution in [2.45, 2.75) is 65.0 Å². The van der Waals surface area contributed by atoms with Crippen LogP contribution in [0.5, 0.6) is 0 Å². The Morgan fingerprint density at radius 2 is 1.84 bits per heavy atom. The maximum atomic E-state index is 3.91. The summed E-state index contributed by atoms with van der Waals surface area (Å²) in [5.41, 5.74) is 1.46. The van der Waals surface area contributed by atoms with Crippen molar-refractivity contribution < 1.29 is 0 Å². The normalized spacial score (nSPS) is 29.1. The summed E-state index contributed by atoms with van der Waals surface area (Å²) in [6.07, 6.45) is 6.48. The Morgan fingerprint density at radius 3 is 2.47 bits per heavy atom. The lowest BCUT2D eigenvalue weighted by atomic mass is 9.79. The fourth-order valence-corrected chi connectivity index (χ4v) is 3.25. The standard InChI is InChI=1S/C18H29N/c1-4-17(13-16-8-6-5-7-9-16)19-18-11-10-14(2)15(3)12-18/h5-9,14-15,17-19H,4,10-13H2,1-3H3. The molecule has 0 spiro atoms. The van der Waals surface area contributed by atoms with Crippen LogP contribution in [0.1, 0.15) is 52.0 Å². The summed E-state index contributed by atoms with van der Waals surface area (Å²) in [6.45, 7) is 7.12. The number of nitrogens with one attached hydrogen (secondary N) is 1. The second-order valence-corrected chi connectivity index (χ2v) is 6.43. The van der Waals surface area contributed by atoms with Crippen LogP contribution < -0.4 is 5.32 Å². The molecular weight excluding hydrogens is 230 g/mol. The zero-order valence-corrected chi connectivity index (χ0v) is 12.7. The van der Waals surface area contributed by atoms with E-state index in [2.05, 4.69) is 56.4 Å². The highest BCUT2D eigenvalue weighted by molar-refractivity contribution is 5.15. The van der Waals surface area contributed by atoms with Gasteiger partial charge in [-0.3, -0.25) is 0 Å². The monoisotopic (exact) mass is 259 g/mol. The van der Waals surface area contributed by atoms with E-state index >= 15 is 0 Å². The third-order valence-electron chi connectivity index (χ3n) is 4.89. The molecule has 1 aliphatic rings. The molecule has 4 atom stereocenters. The van der Waals surface area contributed by atoms with E-state index in [1.165, 1.54) is 31.2 Å². The maximum Gasteiger partial charge on any atom is 0.0107 e. The van der Waals surface area contributed by atoms with Crippen LogP contribution >= 0.6 is 0 Å². The molecule has 1 nitrogen and oxygen atoms in total. The van der Waals surface area contributed by atoms with Gasteiger partial charge in [0.05, 0.1) is 0 Å². The van der Waals surface area contributed by atoms with Gasteiger partial charge in [0, 0.05) is 12.1 Å². The summed E-state index contributed by atoms with van der Waals surface area (Å²) < 4.78 is 0. The lowest BCUT2D eigenvalue weighted by molar-refractivity contribution is 0.213. The van der Waals surface area contributed by atoms with E-state index < -0.39 is 0 Å². The highest BCUT2D eigenvalue weighted by Gasteiger charge is 2.25. The van der Waals surface area contributed by atoms with E-state index in [9.17, 15) is 0 Å². The number of benzene rings is 1. The fraction of sp³-hybridized carbons (Fsp3) is 0.667. The second kappa shape index (κ2) is 7.09. The molecule has 4 unspecified atom stereocenters. The van der Waals surface area contributed by atoms with Crippen molar-refractivity contribution in [3.05, 3.63) is 35.9 Å². The minimum absolute atomic E-state index is 0.632. The molecule has 1 saturated carbocycles. The SMILES string of the molecule is CCC(Cc1ccccc1)NC1CCC(C)C(C)C1. The van der Waals surface area contributed by atoms with Gasteiger partial charge in [0.2, 0.25) is 0 Å². The minimum Gasteiger partial charge on any atom is -0.311 e. The predicted octanol–water partition coefficient (Wildman–Crippen LogP) is 4.42. The van der Waals surface area contributed by atoms with Crippen LogP contribution in [0.15, 0.2) is 30.3 Å². The Hall–Kier alpha value is -0.820. The first-order chi connectivity index (χ1) is 9.19. The zero-order valence-electron chi connectivity index (χ0n) is 12.7. The molecule has 1 aliphatic carbocycles. The van der Waals surface area contributed by atoms with Gasteiger partial charge >= 0.3 is 0 Å². The van der Waals surface area contributed by atoms with Gasteiger partial charge in [-0.2, -0.15) is 0 Å². The second-order valence-electron chi connectivity index (χ2n) is 6.43. The van der Waals surface area contributed by atoms with E-state index in [-0.39, 0.29) is 0 Å². The van der Waals surface area contributed by atoms with Gasteiger partial charge in [0.15, 0.2) is 0 Å². The number of rotatable bonds is 5. The third kappa shape index (κ3) is 4.35. The van der Waals surface area contributed by atoms with Crippen LogP contribution in [-0.2, 0) is 6.42 Å².